The highest BCUT2D eigenvalue weighted by Gasteiger charge is 2.22. The van der Waals surface area contributed by atoms with Crippen molar-refractivity contribution in [3.8, 4) is 0 Å². The first-order valence-corrected chi connectivity index (χ1v) is 6.01. The van der Waals surface area contributed by atoms with Crippen LogP contribution in [0, 0.1) is 0 Å². The van der Waals surface area contributed by atoms with Crippen LogP contribution < -0.4 is 0 Å². The molecule has 0 aromatic heterocycles. The number of carbonyl (C=O) groups is 1. The van der Waals surface area contributed by atoms with Crippen LogP contribution in [0.25, 0.3) is 0 Å². The van der Waals surface area contributed by atoms with Gasteiger partial charge in [0.2, 0.25) is 5.91 Å². The fourth-order valence-electron chi connectivity index (χ4n) is 1.65. The molecule has 1 fully saturated rings. The third-order valence-electron chi connectivity index (χ3n) is 2.79. The molecule has 0 saturated carbocycles. The van der Waals surface area contributed by atoms with Crippen molar-refractivity contribution in [2.45, 2.75) is 37.9 Å². The molecule has 1 amide bonds. The van der Waals surface area contributed by atoms with Crippen LogP contribution in [-0.2, 0) is 4.79 Å². The minimum Gasteiger partial charge on any atom is -0.341 e. The van der Waals surface area contributed by atoms with Crippen LogP contribution in [0.15, 0.2) is 11.1 Å². The van der Waals surface area contributed by atoms with Crippen LogP contribution in [0.5, 0.6) is 0 Å². The summed E-state index contributed by atoms with van der Waals surface area (Å²) in [4.78, 5) is 13.7. The summed E-state index contributed by atoms with van der Waals surface area (Å²) < 4.78 is 0. The number of amides is 1. The van der Waals surface area contributed by atoms with Crippen molar-refractivity contribution in [2.24, 2.45) is 0 Å². The number of halogens is 1. The first-order valence-electron chi connectivity index (χ1n) is 5.10. The van der Waals surface area contributed by atoms with Gasteiger partial charge in [0.05, 0.1) is 0 Å². The van der Waals surface area contributed by atoms with Gasteiger partial charge in [0, 0.05) is 24.8 Å². The van der Waals surface area contributed by atoms with Gasteiger partial charge in [-0.25, -0.2) is 0 Å². The Kier molecular flexibility index (Phi) is 4.17. The minimum atomic E-state index is 0.252. The van der Waals surface area contributed by atoms with Crippen molar-refractivity contribution in [2.75, 3.05) is 13.6 Å². The van der Waals surface area contributed by atoms with Crippen LogP contribution in [0.2, 0.25) is 0 Å². The van der Waals surface area contributed by atoms with E-state index in [0.29, 0.717) is 11.2 Å². The summed E-state index contributed by atoms with van der Waals surface area (Å²) in [6.07, 6.45) is 2.83. The van der Waals surface area contributed by atoms with Gasteiger partial charge in [0.25, 0.3) is 0 Å². The van der Waals surface area contributed by atoms with Crippen molar-refractivity contribution >= 4 is 21.8 Å². The second kappa shape index (κ2) is 4.96. The van der Waals surface area contributed by atoms with E-state index in [1.54, 1.807) is 4.90 Å². The molecule has 2 nitrogen and oxygen atoms in total. The number of likely N-dealkylation sites (tertiary alicyclic amines) is 1. The molecular weight excluding hydrogens is 242 g/mol. The summed E-state index contributed by atoms with van der Waals surface area (Å²) in [5.74, 6) is 0.252. The lowest BCUT2D eigenvalue weighted by atomic mass is 10.0. The summed E-state index contributed by atoms with van der Waals surface area (Å²) in [6.45, 7) is 5.14. The lowest BCUT2D eigenvalue weighted by molar-refractivity contribution is -0.126. The van der Waals surface area contributed by atoms with E-state index < -0.39 is 0 Å². The van der Waals surface area contributed by atoms with Crippen LogP contribution in [0.3, 0.4) is 0 Å². The fourth-order valence-corrected chi connectivity index (χ4v) is 2.14. The molecule has 1 aliphatic rings. The molecular formula is C11H18BrNO. The molecule has 1 rings (SSSR count). The summed E-state index contributed by atoms with van der Waals surface area (Å²) >= 11 is 3.62. The molecule has 0 aliphatic carbocycles. The predicted molar refractivity (Wildman–Crippen MR) is 62.6 cm³/mol. The van der Waals surface area contributed by atoms with Crippen LogP contribution in [0.1, 0.15) is 33.1 Å². The highest BCUT2D eigenvalue weighted by molar-refractivity contribution is 9.09. The lowest BCUT2D eigenvalue weighted by Gasteiger charge is -2.10. The summed E-state index contributed by atoms with van der Waals surface area (Å²) in [6, 6.07) is 0. The van der Waals surface area contributed by atoms with E-state index in [1.807, 2.05) is 7.05 Å². The first-order chi connectivity index (χ1) is 6.54. The number of hydrogen-bond acceptors (Lipinski definition) is 1. The number of likely N-dealkylation sites (N-methyl/N-ethyl adjacent to an activating group) is 1. The smallest absolute Gasteiger partial charge is 0.226 e. The van der Waals surface area contributed by atoms with Crippen molar-refractivity contribution in [3.05, 3.63) is 11.1 Å². The monoisotopic (exact) mass is 259 g/mol. The van der Waals surface area contributed by atoms with Gasteiger partial charge in [-0.3, -0.25) is 4.79 Å². The Balaban J connectivity index is 2.62. The maximum Gasteiger partial charge on any atom is 0.226 e. The number of nitrogens with zero attached hydrogens (tertiary/aromatic N) is 1. The molecule has 1 unspecified atom stereocenters. The van der Waals surface area contributed by atoms with Gasteiger partial charge in [0.15, 0.2) is 0 Å². The number of hydrogen-bond donors (Lipinski definition) is 0. The molecule has 1 atom stereocenters. The SMILES string of the molecule is CCC(Br)CC(C)=C1CC(=O)N(C)C1. The molecule has 0 N–H and O–H groups in total. The topological polar surface area (TPSA) is 20.3 Å². The van der Waals surface area contributed by atoms with Gasteiger partial charge in [-0.2, -0.15) is 0 Å². The van der Waals surface area contributed by atoms with Gasteiger partial charge in [-0.1, -0.05) is 28.4 Å². The van der Waals surface area contributed by atoms with Gasteiger partial charge in [-0.15, -0.1) is 0 Å². The molecule has 3 heteroatoms. The third kappa shape index (κ3) is 2.84. The van der Waals surface area contributed by atoms with E-state index in [9.17, 15) is 4.79 Å². The van der Waals surface area contributed by atoms with Crippen molar-refractivity contribution < 1.29 is 4.79 Å². The van der Waals surface area contributed by atoms with E-state index in [2.05, 4.69) is 29.8 Å². The zero-order valence-electron chi connectivity index (χ0n) is 9.14. The molecule has 0 aromatic carbocycles. The van der Waals surface area contributed by atoms with E-state index in [-0.39, 0.29) is 5.91 Å². The average molecular weight is 260 g/mol. The van der Waals surface area contributed by atoms with Gasteiger partial charge < -0.3 is 4.90 Å². The Hall–Kier alpha value is -0.310. The fraction of sp³-hybridized carbons (Fsp3) is 0.727. The van der Waals surface area contributed by atoms with E-state index in [1.165, 1.54) is 11.1 Å². The van der Waals surface area contributed by atoms with E-state index in [0.717, 1.165) is 19.4 Å². The van der Waals surface area contributed by atoms with Crippen LogP contribution in [0.4, 0.5) is 0 Å². The number of alkyl halides is 1. The van der Waals surface area contributed by atoms with Crippen LogP contribution >= 0.6 is 15.9 Å². The first kappa shape index (κ1) is 11.8. The molecule has 14 heavy (non-hydrogen) atoms. The van der Waals surface area contributed by atoms with Crippen molar-refractivity contribution in [1.29, 1.82) is 0 Å². The molecule has 1 aliphatic heterocycles. The summed E-state index contributed by atoms with van der Waals surface area (Å²) in [5.41, 5.74) is 2.70. The van der Waals surface area contributed by atoms with E-state index >= 15 is 0 Å². The van der Waals surface area contributed by atoms with Gasteiger partial charge >= 0.3 is 0 Å². The third-order valence-corrected chi connectivity index (χ3v) is 3.76. The molecule has 0 aromatic rings. The maximum atomic E-state index is 11.3. The summed E-state index contributed by atoms with van der Waals surface area (Å²) in [5, 5.41) is 0. The zero-order valence-corrected chi connectivity index (χ0v) is 10.7. The maximum absolute atomic E-state index is 11.3. The highest BCUT2D eigenvalue weighted by atomic mass is 79.9. The standard InChI is InChI=1S/C11H18BrNO/c1-4-10(12)5-8(2)9-6-11(14)13(3)7-9/h10H,4-7H2,1-3H3. The zero-order chi connectivity index (χ0) is 10.7. The number of rotatable bonds is 3. The normalized spacial score (nSPS) is 22.9. The van der Waals surface area contributed by atoms with E-state index in [4.69, 9.17) is 0 Å². The Morgan fingerprint density at radius 3 is 2.71 bits per heavy atom. The molecule has 0 bridgehead atoms. The minimum absolute atomic E-state index is 0.252. The second-order valence-electron chi connectivity index (χ2n) is 4.02. The number of carbonyl (C=O) groups excluding carboxylic acids is 1. The molecule has 80 valence electrons. The summed E-state index contributed by atoms with van der Waals surface area (Å²) in [7, 11) is 1.87. The predicted octanol–water partition coefficient (Wildman–Crippen LogP) is 2.73. The van der Waals surface area contributed by atoms with Crippen LogP contribution in [-0.4, -0.2) is 29.2 Å². The Bertz CT molecular complexity index is 260. The Morgan fingerprint density at radius 1 is 1.64 bits per heavy atom. The largest absolute Gasteiger partial charge is 0.341 e. The number of allylic oxidation sites excluding steroid dienone is 1. The molecule has 0 radical (unpaired) electrons. The van der Waals surface area contributed by atoms with Gasteiger partial charge in [0.1, 0.15) is 0 Å². The van der Waals surface area contributed by atoms with Crippen molar-refractivity contribution in [3.63, 3.8) is 0 Å². The Morgan fingerprint density at radius 2 is 2.29 bits per heavy atom. The Labute approximate surface area is 94.5 Å². The van der Waals surface area contributed by atoms with Gasteiger partial charge in [-0.05, 0) is 25.3 Å². The molecule has 1 saturated heterocycles. The van der Waals surface area contributed by atoms with Crippen molar-refractivity contribution in [1.82, 2.24) is 4.90 Å². The second-order valence-corrected chi connectivity index (χ2v) is 5.32. The molecule has 1 heterocycles. The molecule has 0 spiro atoms. The average Bonchev–Trinajstić information content (AvgIpc) is 2.47. The quantitative estimate of drug-likeness (QED) is 0.564. The highest BCUT2D eigenvalue weighted by Crippen LogP contribution is 2.24. The lowest BCUT2D eigenvalue weighted by Crippen LogP contribution is -2.18.